The average Bonchev–Trinajstić information content (AvgIpc) is 2.43. The summed E-state index contributed by atoms with van der Waals surface area (Å²) in [6.45, 7) is 5.38. The molecule has 112 valence electrons. The predicted molar refractivity (Wildman–Crippen MR) is 79.0 cm³/mol. The third-order valence-corrected chi connectivity index (χ3v) is 3.07. The molecule has 7 heteroatoms. The number of nitrogens with zero attached hydrogens (tertiary/aromatic N) is 2. The SMILES string of the molecule is CCNc1cc([N+](=O)[O-])cc(NCC(CC)CCO)n1. The number of anilines is 2. The van der Waals surface area contributed by atoms with Crippen LogP contribution in [-0.2, 0) is 0 Å². The molecule has 0 aromatic carbocycles. The van der Waals surface area contributed by atoms with Crippen molar-refractivity contribution in [1.82, 2.24) is 4.98 Å². The Hall–Kier alpha value is -1.89. The van der Waals surface area contributed by atoms with Gasteiger partial charge in [-0.25, -0.2) is 4.98 Å². The van der Waals surface area contributed by atoms with E-state index in [1.165, 1.54) is 12.1 Å². The summed E-state index contributed by atoms with van der Waals surface area (Å²) >= 11 is 0. The molecular weight excluding hydrogens is 260 g/mol. The molecule has 1 aromatic heterocycles. The lowest BCUT2D eigenvalue weighted by Crippen LogP contribution is -2.16. The van der Waals surface area contributed by atoms with Crippen LogP contribution in [0, 0.1) is 16.0 Å². The van der Waals surface area contributed by atoms with Gasteiger partial charge < -0.3 is 15.7 Å². The van der Waals surface area contributed by atoms with Gasteiger partial charge in [-0.1, -0.05) is 13.3 Å². The quantitative estimate of drug-likeness (QED) is 0.474. The van der Waals surface area contributed by atoms with Gasteiger partial charge in [0.1, 0.15) is 11.6 Å². The lowest BCUT2D eigenvalue weighted by Gasteiger charge is -2.15. The fraction of sp³-hybridized carbons (Fsp3) is 0.615. The van der Waals surface area contributed by atoms with Crippen LogP contribution in [-0.4, -0.2) is 34.7 Å². The van der Waals surface area contributed by atoms with E-state index in [-0.39, 0.29) is 12.3 Å². The third-order valence-electron chi connectivity index (χ3n) is 3.07. The van der Waals surface area contributed by atoms with Gasteiger partial charge in [0.2, 0.25) is 0 Å². The molecular formula is C13H22N4O3. The second-order valence-corrected chi connectivity index (χ2v) is 4.55. The van der Waals surface area contributed by atoms with Crippen molar-refractivity contribution in [2.75, 3.05) is 30.3 Å². The summed E-state index contributed by atoms with van der Waals surface area (Å²) in [5.74, 6) is 1.29. The number of nitrogens with one attached hydrogen (secondary N) is 2. The Bertz CT molecular complexity index is 440. The Kier molecular flexibility index (Phi) is 6.72. The highest BCUT2D eigenvalue weighted by atomic mass is 16.6. The van der Waals surface area contributed by atoms with Crippen LogP contribution in [0.2, 0.25) is 0 Å². The molecule has 0 fully saturated rings. The Morgan fingerprint density at radius 2 is 2.00 bits per heavy atom. The summed E-state index contributed by atoms with van der Waals surface area (Å²) in [4.78, 5) is 14.7. The third kappa shape index (κ3) is 5.00. The predicted octanol–water partition coefficient (Wildman–Crippen LogP) is 2.24. The smallest absolute Gasteiger partial charge is 0.276 e. The van der Waals surface area contributed by atoms with Gasteiger partial charge in [0.25, 0.3) is 5.69 Å². The average molecular weight is 282 g/mol. The second-order valence-electron chi connectivity index (χ2n) is 4.55. The van der Waals surface area contributed by atoms with Crippen molar-refractivity contribution >= 4 is 17.3 Å². The van der Waals surface area contributed by atoms with Crippen LogP contribution in [0.1, 0.15) is 26.7 Å². The normalized spacial score (nSPS) is 11.9. The Balaban J connectivity index is 2.79. The molecule has 0 radical (unpaired) electrons. The van der Waals surface area contributed by atoms with Crippen molar-refractivity contribution in [2.45, 2.75) is 26.7 Å². The minimum absolute atomic E-state index is 0.00802. The van der Waals surface area contributed by atoms with Crippen molar-refractivity contribution in [3.63, 3.8) is 0 Å². The molecule has 0 saturated heterocycles. The number of aliphatic hydroxyl groups excluding tert-OH is 1. The summed E-state index contributed by atoms with van der Waals surface area (Å²) in [5.41, 5.74) is 0.00802. The highest BCUT2D eigenvalue weighted by Gasteiger charge is 2.12. The lowest BCUT2D eigenvalue weighted by molar-refractivity contribution is -0.384. The number of hydrogen-bond acceptors (Lipinski definition) is 6. The molecule has 1 atom stereocenters. The summed E-state index contributed by atoms with van der Waals surface area (Å²) < 4.78 is 0. The summed E-state index contributed by atoms with van der Waals surface area (Å²) in [6.07, 6.45) is 1.64. The van der Waals surface area contributed by atoms with E-state index < -0.39 is 4.92 Å². The minimum atomic E-state index is -0.432. The van der Waals surface area contributed by atoms with Gasteiger partial charge in [0.15, 0.2) is 0 Å². The van der Waals surface area contributed by atoms with Gasteiger partial charge >= 0.3 is 0 Å². The number of rotatable bonds is 9. The zero-order valence-corrected chi connectivity index (χ0v) is 11.9. The van der Waals surface area contributed by atoms with Gasteiger partial charge in [-0.2, -0.15) is 0 Å². The monoisotopic (exact) mass is 282 g/mol. The van der Waals surface area contributed by atoms with Gasteiger partial charge in [-0.05, 0) is 19.3 Å². The molecule has 0 aliphatic carbocycles. The summed E-state index contributed by atoms with van der Waals surface area (Å²) in [5, 5.41) is 25.9. The Morgan fingerprint density at radius 3 is 2.50 bits per heavy atom. The minimum Gasteiger partial charge on any atom is -0.396 e. The Morgan fingerprint density at radius 1 is 1.35 bits per heavy atom. The van der Waals surface area contributed by atoms with Crippen LogP contribution in [0.5, 0.6) is 0 Å². The molecule has 0 spiro atoms. The zero-order chi connectivity index (χ0) is 15.0. The van der Waals surface area contributed by atoms with Crippen molar-refractivity contribution in [1.29, 1.82) is 0 Å². The second kappa shape index (κ2) is 8.31. The molecule has 7 nitrogen and oxygen atoms in total. The molecule has 1 aromatic rings. The number of hydrogen-bond donors (Lipinski definition) is 3. The molecule has 1 rings (SSSR count). The lowest BCUT2D eigenvalue weighted by atomic mass is 10.0. The van der Waals surface area contributed by atoms with Crippen LogP contribution in [0.15, 0.2) is 12.1 Å². The molecule has 1 heterocycles. The first-order chi connectivity index (χ1) is 9.60. The molecule has 0 amide bonds. The maximum Gasteiger partial charge on any atom is 0.276 e. The van der Waals surface area contributed by atoms with Crippen molar-refractivity contribution in [3.8, 4) is 0 Å². The highest BCUT2D eigenvalue weighted by Crippen LogP contribution is 2.21. The zero-order valence-electron chi connectivity index (χ0n) is 11.9. The van der Waals surface area contributed by atoms with Gasteiger partial charge in [-0.15, -0.1) is 0 Å². The molecule has 20 heavy (non-hydrogen) atoms. The highest BCUT2D eigenvalue weighted by molar-refractivity contribution is 5.54. The van der Waals surface area contributed by atoms with E-state index in [2.05, 4.69) is 15.6 Å². The van der Waals surface area contributed by atoms with Crippen LogP contribution in [0.4, 0.5) is 17.3 Å². The fourth-order valence-corrected chi connectivity index (χ4v) is 1.87. The first-order valence-electron chi connectivity index (χ1n) is 6.85. The van der Waals surface area contributed by atoms with E-state index in [1.807, 2.05) is 13.8 Å². The summed E-state index contributed by atoms with van der Waals surface area (Å²) in [7, 11) is 0. The van der Waals surface area contributed by atoms with E-state index in [9.17, 15) is 10.1 Å². The van der Waals surface area contributed by atoms with Crippen LogP contribution in [0.3, 0.4) is 0 Å². The van der Waals surface area contributed by atoms with E-state index in [4.69, 9.17) is 5.11 Å². The van der Waals surface area contributed by atoms with Crippen LogP contribution in [0.25, 0.3) is 0 Å². The van der Waals surface area contributed by atoms with E-state index >= 15 is 0 Å². The molecule has 0 aliphatic rings. The number of pyridine rings is 1. The summed E-state index contributed by atoms with van der Waals surface area (Å²) in [6, 6.07) is 2.84. The number of aromatic nitrogens is 1. The number of aliphatic hydroxyl groups is 1. The van der Waals surface area contributed by atoms with Gasteiger partial charge in [-0.3, -0.25) is 10.1 Å². The topological polar surface area (TPSA) is 100 Å². The van der Waals surface area contributed by atoms with E-state index in [1.54, 1.807) is 0 Å². The molecule has 0 bridgehead atoms. The fourth-order valence-electron chi connectivity index (χ4n) is 1.87. The van der Waals surface area contributed by atoms with Crippen molar-refractivity contribution < 1.29 is 10.0 Å². The molecule has 0 aliphatic heterocycles. The van der Waals surface area contributed by atoms with Crippen molar-refractivity contribution in [3.05, 3.63) is 22.2 Å². The van der Waals surface area contributed by atoms with E-state index in [0.29, 0.717) is 37.1 Å². The standard InChI is InChI=1S/C13H22N4O3/c1-3-10(5-6-18)9-15-13-8-11(17(19)20)7-12(16-13)14-4-2/h7-8,10,18H,3-6,9H2,1-2H3,(H2,14,15,16). The molecule has 0 saturated carbocycles. The maximum absolute atomic E-state index is 10.9. The van der Waals surface area contributed by atoms with Crippen LogP contribution < -0.4 is 10.6 Å². The molecule has 3 N–H and O–H groups in total. The Labute approximate surface area is 118 Å². The van der Waals surface area contributed by atoms with Gasteiger partial charge in [0.05, 0.1) is 17.1 Å². The van der Waals surface area contributed by atoms with Crippen molar-refractivity contribution in [2.24, 2.45) is 5.92 Å². The number of nitro groups is 1. The van der Waals surface area contributed by atoms with E-state index in [0.717, 1.165) is 6.42 Å². The van der Waals surface area contributed by atoms with Crippen LogP contribution >= 0.6 is 0 Å². The largest absolute Gasteiger partial charge is 0.396 e. The first-order valence-corrected chi connectivity index (χ1v) is 6.85. The first kappa shape index (κ1) is 16.2. The molecule has 1 unspecified atom stereocenters. The van der Waals surface area contributed by atoms with Gasteiger partial charge in [0, 0.05) is 19.7 Å². The maximum atomic E-state index is 10.9.